The lowest BCUT2D eigenvalue weighted by atomic mass is 9.32. The van der Waals surface area contributed by atoms with E-state index in [1.165, 1.54) is 12.0 Å². The molecule has 2 aromatic carbocycles. The number of carboxylic acids is 1. The SMILES string of the molecule is C=C(C)[C@@H]1CC[C@]2(C(=O)O)CC[C@]3(C)[C@H](CC[C@@H]4[C@@]5(C)CCC(OC(=O)Nc6ccc(-c7ccccc7)cc6)C(C)(C)[C@@H]5CC[C@]43C)[C@@H]12. The number of aliphatic carboxylic acids is 1. The van der Waals surface area contributed by atoms with Crippen molar-refractivity contribution >= 4 is 17.7 Å². The molecule has 0 aromatic heterocycles. The van der Waals surface area contributed by atoms with Crippen molar-refractivity contribution in [3.8, 4) is 11.1 Å². The number of carboxylic acid groups (broad SMARTS) is 1. The van der Waals surface area contributed by atoms with Crippen LogP contribution >= 0.6 is 0 Å². The van der Waals surface area contributed by atoms with E-state index in [1.54, 1.807) is 0 Å². The van der Waals surface area contributed by atoms with Gasteiger partial charge < -0.3 is 9.84 Å². The number of hydrogen-bond acceptors (Lipinski definition) is 3. The molecule has 0 bridgehead atoms. The fourth-order valence-corrected chi connectivity index (χ4v) is 13.4. The van der Waals surface area contributed by atoms with Crippen molar-refractivity contribution in [2.45, 2.75) is 112 Å². The Hall–Kier alpha value is -3.08. The van der Waals surface area contributed by atoms with Crippen LogP contribution in [-0.2, 0) is 9.53 Å². The van der Waals surface area contributed by atoms with Crippen molar-refractivity contribution < 1.29 is 19.4 Å². The standard InChI is InChI=1S/C43H57NO4/c1-27(2)31-19-24-43(37(45)46)26-25-41(6)32(36(31)43)17-18-34-40(5)22-21-35(39(3,4)33(40)20-23-42(34,41)7)48-38(47)44-30-15-13-29(14-16-30)28-11-9-8-10-12-28/h8-16,31-36H,1,17-26H2,2-7H3,(H,44,47)(H,45,46)/t31-,32+,33-,34+,35?,36+,40-,41+,42+,43-/m0/s1. The van der Waals surface area contributed by atoms with E-state index in [1.807, 2.05) is 42.5 Å². The minimum atomic E-state index is -0.583. The maximum atomic E-state index is 13.3. The fourth-order valence-electron chi connectivity index (χ4n) is 13.4. The zero-order valence-corrected chi connectivity index (χ0v) is 30.1. The van der Waals surface area contributed by atoms with Gasteiger partial charge in [-0.2, -0.15) is 0 Å². The molecule has 5 nitrogen and oxygen atoms in total. The molecular formula is C43H57NO4. The molecule has 5 fully saturated rings. The molecule has 0 aliphatic heterocycles. The number of allylic oxidation sites excluding steroid dienone is 1. The molecule has 0 heterocycles. The van der Waals surface area contributed by atoms with E-state index in [0.29, 0.717) is 23.7 Å². The topological polar surface area (TPSA) is 75.6 Å². The highest BCUT2D eigenvalue weighted by molar-refractivity contribution is 5.85. The first-order chi connectivity index (χ1) is 22.7. The number of hydrogen-bond donors (Lipinski definition) is 2. The first-order valence-corrected chi connectivity index (χ1v) is 18.7. The second-order valence-corrected chi connectivity index (χ2v) is 18.0. The van der Waals surface area contributed by atoms with Gasteiger partial charge >= 0.3 is 12.1 Å². The van der Waals surface area contributed by atoms with E-state index >= 15 is 0 Å². The smallest absolute Gasteiger partial charge is 0.411 e. The summed E-state index contributed by atoms with van der Waals surface area (Å²) in [5.74, 6) is 1.40. The summed E-state index contributed by atoms with van der Waals surface area (Å²) in [6, 6.07) is 18.2. The molecule has 0 radical (unpaired) electrons. The Morgan fingerprint density at radius 1 is 0.771 bits per heavy atom. The molecule has 258 valence electrons. The fraction of sp³-hybridized carbons (Fsp3) is 0.628. The molecule has 10 atom stereocenters. The van der Waals surface area contributed by atoms with Crippen molar-refractivity contribution in [1.82, 2.24) is 0 Å². The van der Waals surface area contributed by atoms with Crippen LogP contribution in [0.4, 0.5) is 10.5 Å². The van der Waals surface area contributed by atoms with Crippen LogP contribution in [-0.4, -0.2) is 23.3 Å². The maximum Gasteiger partial charge on any atom is 0.411 e. The third kappa shape index (κ3) is 4.76. The van der Waals surface area contributed by atoms with E-state index in [4.69, 9.17) is 4.74 Å². The summed E-state index contributed by atoms with van der Waals surface area (Å²) in [7, 11) is 0. The van der Waals surface area contributed by atoms with E-state index in [-0.39, 0.29) is 39.8 Å². The van der Waals surface area contributed by atoms with Crippen LogP contribution in [0.2, 0.25) is 0 Å². The minimum Gasteiger partial charge on any atom is -0.481 e. The van der Waals surface area contributed by atoms with Crippen LogP contribution in [0.1, 0.15) is 106 Å². The Morgan fingerprint density at radius 2 is 1.46 bits per heavy atom. The van der Waals surface area contributed by atoms with E-state index in [0.717, 1.165) is 74.6 Å². The van der Waals surface area contributed by atoms with Gasteiger partial charge in [0.2, 0.25) is 0 Å². The average Bonchev–Trinajstić information content (AvgIpc) is 3.45. The van der Waals surface area contributed by atoms with Crippen LogP contribution < -0.4 is 5.32 Å². The summed E-state index contributed by atoms with van der Waals surface area (Å²) in [5.41, 5.74) is 3.87. The average molecular weight is 652 g/mol. The molecular weight excluding hydrogens is 594 g/mol. The highest BCUT2D eigenvalue weighted by Crippen LogP contribution is 2.77. The summed E-state index contributed by atoms with van der Waals surface area (Å²) in [6.07, 6.45) is 9.58. The molecule has 1 unspecified atom stereocenters. The van der Waals surface area contributed by atoms with Crippen LogP contribution in [0.5, 0.6) is 0 Å². The van der Waals surface area contributed by atoms with Gasteiger partial charge in [0, 0.05) is 11.1 Å². The number of fused-ring (bicyclic) bond motifs is 7. The molecule has 1 amide bonds. The van der Waals surface area contributed by atoms with Crippen LogP contribution in [0.15, 0.2) is 66.7 Å². The predicted molar refractivity (Wildman–Crippen MR) is 192 cm³/mol. The van der Waals surface area contributed by atoms with Gasteiger partial charge in [-0.3, -0.25) is 10.1 Å². The molecule has 0 spiro atoms. The summed E-state index contributed by atoms with van der Waals surface area (Å²) >= 11 is 0. The normalized spacial score (nSPS) is 41.1. The third-order valence-electron chi connectivity index (χ3n) is 15.9. The van der Waals surface area contributed by atoms with Gasteiger partial charge in [-0.25, -0.2) is 4.79 Å². The van der Waals surface area contributed by atoms with Crippen molar-refractivity contribution in [3.05, 3.63) is 66.7 Å². The Balaban J connectivity index is 1.08. The monoisotopic (exact) mass is 651 g/mol. The lowest BCUT2D eigenvalue weighted by Crippen LogP contribution is -2.67. The van der Waals surface area contributed by atoms with E-state index in [2.05, 4.69) is 65.6 Å². The van der Waals surface area contributed by atoms with Gasteiger partial charge in [-0.05, 0) is 140 Å². The lowest BCUT2D eigenvalue weighted by Gasteiger charge is -2.72. The summed E-state index contributed by atoms with van der Waals surface area (Å²) in [5, 5.41) is 13.7. The number of ether oxygens (including phenoxy) is 1. The third-order valence-corrected chi connectivity index (χ3v) is 15.9. The van der Waals surface area contributed by atoms with Gasteiger partial charge in [0.05, 0.1) is 5.41 Å². The lowest BCUT2D eigenvalue weighted by molar-refractivity contribution is -0.247. The van der Waals surface area contributed by atoms with Gasteiger partial charge in [-0.15, -0.1) is 0 Å². The first-order valence-electron chi connectivity index (χ1n) is 18.7. The summed E-state index contributed by atoms with van der Waals surface area (Å²) in [4.78, 5) is 26.3. The van der Waals surface area contributed by atoms with Crippen molar-refractivity contribution in [1.29, 1.82) is 0 Å². The maximum absolute atomic E-state index is 13.3. The Morgan fingerprint density at radius 3 is 2.12 bits per heavy atom. The molecule has 7 rings (SSSR count). The Bertz CT molecular complexity index is 1580. The molecule has 2 aromatic rings. The van der Waals surface area contributed by atoms with E-state index < -0.39 is 11.4 Å². The largest absolute Gasteiger partial charge is 0.481 e. The Labute approximate surface area is 288 Å². The second-order valence-electron chi connectivity index (χ2n) is 18.0. The minimum absolute atomic E-state index is 0.110. The first kappa shape index (κ1) is 33.4. The van der Waals surface area contributed by atoms with Crippen molar-refractivity contribution in [2.24, 2.45) is 56.7 Å². The van der Waals surface area contributed by atoms with Gasteiger partial charge in [-0.1, -0.05) is 89.2 Å². The molecule has 48 heavy (non-hydrogen) atoms. The number of amides is 1. The summed E-state index contributed by atoms with van der Waals surface area (Å²) < 4.78 is 6.29. The van der Waals surface area contributed by atoms with Gasteiger partial charge in [0.25, 0.3) is 0 Å². The molecule has 5 saturated carbocycles. The number of carbonyl (C=O) groups is 2. The van der Waals surface area contributed by atoms with Crippen LogP contribution in [0.25, 0.3) is 11.1 Å². The molecule has 5 aliphatic rings. The number of anilines is 1. The molecule has 5 aliphatic carbocycles. The zero-order chi connectivity index (χ0) is 34.3. The number of benzene rings is 2. The number of carbonyl (C=O) groups excluding carboxylic acids is 1. The van der Waals surface area contributed by atoms with Crippen LogP contribution in [0.3, 0.4) is 0 Å². The molecule has 0 saturated heterocycles. The summed E-state index contributed by atoms with van der Waals surface area (Å²) in [6.45, 7) is 18.9. The second kappa shape index (κ2) is 11.5. The van der Waals surface area contributed by atoms with Crippen molar-refractivity contribution in [3.63, 3.8) is 0 Å². The quantitative estimate of drug-likeness (QED) is 0.316. The van der Waals surface area contributed by atoms with Crippen molar-refractivity contribution in [2.75, 3.05) is 5.32 Å². The number of rotatable bonds is 5. The Kier molecular flexibility index (Phi) is 8.00. The van der Waals surface area contributed by atoms with Gasteiger partial charge in [0.1, 0.15) is 6.10 Å². The molecule has 2 N–H and O–H groups in total. The number of nitrogens with one attached hydrogen (secondary N) is 1. The van der Waals surface area contributed by atoms with Gasteiger partial charge in [0.15, 0.2) is 0 Å². The predicted octanol–water partition coefficient (Wildman–Crippen LogP) is 11.0. The van der Waals surface area contributed by atoms with E-state index in [9.17, 15) is 14.7 Å². The highest BCUT2D eigenvalue weighted by Gasteiger charge is 2.72. The zero-order valence-electron chi connectivity index (χ0n) is 30.1. The highest BCUT2D eigenvalue weighted by atomic mass is 16.6. The van der Waals surface area contributed by atoms with Crippen LogP contribution in [0, 0.1) is 56.7 Å². The molecule has 5 heteroatoms.